The predicted molar refractivity (Wildman–Crippen MR) is 62.2 cm³/mol. The van der Waals surface area contributed by atoms with Gasteiger partial charge in [0.25, 0.3) is 5.91 Å². The Kier molecular flexibility index (Phi) is 4.51. The van der Waals surface area contributed by atoms with E-state index in [4.69, 9.17) is 9.84 Å². The maximum atomic E-state index is 11.7. The molecule has 5 nitrogen and oxygen atoms in total. The van der Waals surface area contributed by atoms with Crippen molar-refractivity contribution in [3.63, 3.8) is 0 Å². The Bertz CT molecular complexity index is 399. The third kappa shape index (κ3) is 4.14. The molecule has 0 heterocycles. The first kappa shape index (κ1) is 13.0. The van der Waals surface area contributed by atoms with Crippen molar-refractivity contribution >= 4 is 11.9 Å². The molecule has 0 radical (unpaired) electrons. The van der Waals surface area contributed by atoms with Gasteiger partial charge in [-0.25, -0.2) is 0 Å². The summed E-state index contributed by atoms with van der Waals surface area (Å²) in [4.78, 5) is 22.1. The van der Waals surface area contributed by atoms with E-state index in [1.807, 2.05) is 0 Å². The number of ether oxygens (including phenoxy) is 1. The van der Waals surface area contributed by atoms with Crippen LogP contribution in [0.15, 0.2) is 24.3 Å². The molecule has 0 aliphatic carbocycles. The monoisotopic (exact) mass is 237 g/mol. The van der Waals surface area contributed by atoms with E-state index in [2.05, 4.69) is 5.32 Å². The minimum atomic E-state index is -0.937. The SMILES string of the molecule is COc1ccc(C(=O)NC(C)CC(=O)O)cc1. The smallest absolute Gasteiger partial charge is 0.305 e. The van der Waals surface area contributed by atoms with Gasteiger partial charge in [-0.1, -0.05) is 0 Å². The normalized spacial score (nSPS) is 11.6. The number of carboxylic acids is 1. The fraction of sp³-hybridized carbons (Fsp3) is 0.333. The van der Waals surface area contributed by atoms with Gasteiger partial charge in [0.05, 0.1) is 13.5 Å². The molecule has 0 bridgehead atoms. The van der Waals surface area contributed by atoms with Crippen LogP contribution in [0.25, 0.3) is 0 Å². The molecule has 1 aromatic carbocycles. The molecule has 17 heavy (non-hydrogen) atoms. The summed E-state index contributed by atoms with van der Waals surface area (Å²) in [6, 6.07) is 6.21. The van der Waals surface area contributed by atoms with Gasteiger partial charge in [0.1, 0.15) is 5.75 Å². The summed E-state index contributed by atoms with van der Waals surface area (Å²) in [6.07, 6.45) is -0.0953. The van der Waals surface area contributed by atoms with Crippen molar-refractivity contribution in [1.82, 2.24) is 5.32 Å². The number of methoxy groups -OCH3 is 1. The van der Waals surface area contributed by atoms with E-state index >= 15 is 0 Å². The highest BCUT2D eigenvalue weighted by Gasteiger charge is 2.12. The van der Waals surface area contributed by atoms with Gasteiger partial charge in [-0.15, -0.1) is 0 Å². The number of nitrogens with one attached hydrogen (secondary N) is 1. The lowest BCUT2D eigenvalue weighted by molar-refractivity contribution is -0.137. The zero-order valence-corrected chi connectivity index (χ0v) is 9.77. The van der Waals surface area contributed by atoms with Gasteiger partial charge >= 0.3 is 5.97 Å². The van der Waals surface area contributed by atoms with Crippen molar-refractivity contribution in [2.75, 3.05) is 7.11 Å². The first-order chi connectivity index (χ1) is 8.02. The third-order valence-corrected chi connectivity index (χ3v) is 2.21. The summed E-state index contributed by atoms with van der Waals surface area (Å²) < 4.78 is 4.97. The van der Waals surface area contributed by atoms with Crippen LogP contribution in [0.1, 0.15) is 23.7 Å². The first-order valence-corrected chi connectivity index (χ1v) is 5.19. The standard InChI is InChI=1S/C12H15NO4/c1-8(7-11(14)15)13-12(16)9-3-5-10(17-2)6-4-9/h3-6,8H,7H2,1-2H3,(H,13,16)(H,14,15). The lowest BCUT2D eigenvalue weighted by atomic mass is 10.1. The van der Waals surface area contributed by atoms with E-state index in [1.165, 1.54) is 0 Å². The number of carbonyl (C=O) groups is 2. The van der Waals surface area contributed by atoms with Crippen LogP contribution >= 0.6 is 0 Å². The Labute approximate surface area is 99.4 Å². The molecule has 0 aromatic heterocycles. The highest BCUT2D eigenvalue weighted by molar-refractivity contribution is 5.94. The molecule has 0 aliphatic rings. The average Bonchev–Trinajstić information content (AvgIpc) is 2.28. The van der Waals surface area contributed by atoms with Gasteiger partial charge in [-0.3, -0.25) is 9.59 Å². The fourth-order valence-corrected chi connectivity index (χ4v) is 1.36. The number of benzene rings is 1. The van der Waals surface area contributed by atoms with Gasteiger partial charge in [-0.05, 0) is 31.2 Å². The van der Waals surface area contributed by atoms with Crippen LogP contribution in [-0.2, 0) is 4.79 Å². The molecule has 5 heteroatoms. The molecule has 1 rings (SSSR count). The number of hydrogen-bond acceptors (Lipinski definition) is 3. The van der Waals surface area contributed by atoms with Crippen LogP contribution < -0.4 is 10.1 Å². The Balaban J connectivity index is 2.60. The van der Waals surface area contributed by atoms with E-state index in [0.717, 1.165) is 0 Å². The van der Waals surface area contributed by atoms with Crippen LogP contribution in [-0.4, -0.2) is 30.1 Å². The second-order valence-electron chi connectivity index (χ2n) is 3.70. The number of carboxylic acid groups (broad SMARTS) is 1. The quantitative estimate of drug-likeness (QED) is 0.809. The molecular weight excluding hydrogens is 222 g/mol. The second kappa shape index (κ2) is 5.89. The molecule has 0 spiro atoms. The van der Waals surface area contributed by atoms with Crippen molar-refractivity contribution < 1.29 is 19.4 Å². The van der Waals surface area contributed by atoms with Crippen LogP contribution in [0.5, 0.6) is 5.75 Å². The summed E-state index contributed by atoms with van der Waals surface area (Å²) in [5, 5.41) is 11.2. The van der Waals surface area contributed by atoms with Crippen molar-refractivity contribution in [3.8, 4) is 5.75 Å². The molecule has 0 saturated heterocycles. The lowest BCUT2D eigenvalue weighted by Crippen LogP contribution is -2.34. The molecule has 92 valence electrons. The lowest BCUT2D eigenvalue weighted by Gasteiger charge is -2.11. The highest BCUT2D eigenvalue weighted by atomic mass is 16.5. The Morgan fingerprint density at radius 1 is 1.35 bits per heavy atom. The summed E-state index contributed by atoms with van der Waals surface area (Å²) >= 11 is 0. The average molecular weight is 237 g/mol. The van der Waals surface area contributed by atoms with Crippen LogP contribution in [0, 0.1) is 0 Å². The molecule has 1 unspecified atom stereocenters. The van der Waals surface area contributed by atoms with Crippen molar-refractivity contribution in [2.45, 2.75) is 19.4 Å². The Morgan fingerprint density at radius 3 is 2.41 bits per heavy atom. The second-order valence-corrected chi connectivity index (χ2v) is 3.70. The van der Waals surface area contributed by atoms with Gasteiger partial charge in [0.2, 0.25) is 0 Å². The molecule has 0 saturated carbocycles. The maximum absolute atomic E-state index is 11.7. The van der Waals surface area contributed by atoms with Crippen LogP contribution in [0.4, 0.5) is 0 Å². The molecule has 1 aromatic rings. The number of carbonyl (C=O) groups excluding carboxylic acids is 1. The topological polar surface area (TPSA) is 75.6 Å². The van der Waals surface area contributed by atoms with Gasteiger partial charge < -0.3 is 15.2 Å². The summed E-state index contributed by atoms with van der Waals surface area (Å²) in [6.45, 7) is 1.65. The maximum Gasteiger partial charge on any atom is 0.305 e. The number of hydrogen-bond donors (Lipinski definition) is 2. The summed E-state index contributed by atoms with van der Waals surface area (Å²) in [5.41, 5.74) is 0.475. The predicted octanol–water partition coefficient (Wildman–Crippen LogP) is 1.29. The van der Waals surface area contributed by atoms with Gasteiger partial charge in [0.15, 0.2) is 0 Å². The Hall–Kier alpha value is -2.04. The van der Waals surface area contributed by atoms with E-state index < -0.39 is 12.0 Å². The minimum absolute atomic E-state index is 0.0953. The summed E-state index contributed by atoms with van der Waals surface area (Å²) in [7, 11) is 1.55. The molecule has 1 atom stereocenters. The van der Waals surface area contributed by atoms with E-state index in [-0.39, 0.29) is 12.3 Å². The molecule has 0 aliphatic heterocycles. The number of aliphatic carboxylic acids is 1. The summed E-state index contributed by atoms with van der Waals surface area (Å²) in [5.74, 6) is -0.561. The van der Waals surface area contributed by atoms with Crippen molar-refractivity contribution in [3.05, 3.63) is 29.8 Å². The zero-order chi connectivity index (χ0) is 12.8. The molecule has 0 fully saturated rings. The van der Waals surface area contributed by atoms with Crippen LogP contribution in [0.3, 0.4) is 0 Å². The number of amides is 1. The van der Waals surface area contributed by atoms with Gasteiger partial charge in [-0.2, -0.15) is 0 Å². The van der Waals surface area contributed by atoms with E-state index in [9.17, 15) is 9.59 Å². The highest BCUT2D eigenvalue weighted by Crippen LogP contribution is 2.11. The van der Waals surface area contributed by atoms with Crippen molar-refractivity contribution in [2.24, 2.45) is 0 Å². The molecular formula is C12H15NO4. The number of rotatable bonds is 5. The van der Waals surface area contributed by atoms with Crippen LogP contribution in [0.2, 0.25) is 0 Å². The van der Waals surface area contributed by atoms with Crippen molar-refractivity contribution in [1.29, 1.82) is 0 Å². The minimum Gasteiger partial charge on any atom is -0.497 e. The largest absolute Gasteiger partial charge is 0.497 e. The molecule has 1 amide bonds. The fourth-order valence-electron chi connectivity index (χ4n) is 1.36. The Morgan fingerprint density at radius 2 is 1.94 bits per heavy atom. The molecule has 2 N–H and O–H groups in total. The first-order valence-electron chi connectivity index (χ1n) is 5.19. The van der Waals surface area contributed by atoms with Gasteiger partial charge in [0, 0.05) is 11.6 Å². The third-order valence-electron chi connectivity index (χ3n) is 2.21. The van der Waals surface area contributed by atoms with E-state index in [1.54, 1.807) is 38.3 Å². The zero-order valence-electron chi connectivity index (χ0n) is 9.77. The van der Waals surface area contributed by atoms with E-state index in [0.29, 0.717) is 11.3 Å².